The van der Waals surface area contributed by atoms with E-state index >= 15 is 0 Å². The van der Waals surface area contributed by atoms with Crippen molar-refractivity contribution < 1.29 is 17.2 Å². The van der Waals surface area contributed by atoms with Crippen LogP contribution in [0.5, 0.6) is 0 Å². The predicted molar refractivity (Wildman–Crippen MR) is 81.2 cm³/mol. The summed E-state index contributed by atoms with van der Waals surface area (Å²) < 4.78 is 53.9. The van der Waals surface area contributed by atoms with Crippen LogP contribution in [0.15, 0.2) is 17.0 Å². The molecule has 0 aromatic heterocycles. The first-order valence-electron chi connectivity index (χ1n) is 6.36. The summed E-state index contributed by atoms with van der Waals surface area (Å²) in [4.78, 5) is -0.512. The van der Waals surface area contributed by atoms with E-state index in [2.05, 4.69) is 0 Å². The van der Waals surface area contributed by atoms with Gasteiger partial charge in [-0.05, 0) is 26.0 Å². The van der Waals surface area contributed by atoms with E-state index in [4.69, 9.17) is 11.6 Å². The zero-order valence-corrected chi connectivity index (χ0v) is 14.1. The van der Waals surface area contributed by atoms with Crippen LogP contribution < -0.4 is 0 Å². The maximum absolute atomic E-state index is 14.2. The van der Waals surface area contributed by atoms with Crippen LogP contribution in [0.2, 0.25) is 0 Å². The van der Waals surface area contributed by atoms with Gasteiger partial charge in [-0.2, -0.15) is 16.1 Å². The molecule has 0 aliphatic carbocycles. The van der Waals surface area contributed by atoms with Gasteiger partial charge in [0.05, 0.1) is 5.88 Å². The monoisotopic (exact) mass is 355 g/mol. The summed E-state index contributed by atoms with van der Waals surface area (Å²) in [6.07, 6.45) is 0. The smallest absolute Gasteiger partial charge is 0.207 e. The zero-order valence-electron chi connectivity index (χ0n) is 11.7. The van der Waals surface area contributed by atoms with Crippen LogP contribution >= 0.6 is 23.4 Å². The normalized spacial score (nSPS) is 19.7. The van der Waals surface area contributed by atoms with Crippen LogP contribution in [0.1, 0.15) is 19.4 Å². The lowest BCUT2D eigenvalue weighted by Crippen LogP contribution is -2.46. The Hall–Kier alpha value is -0.370. The molecule has 0 spiro atoms. The van der Waals surface area contributed by atoms with E-state index in [1.54, 1.807) is 11.8 Å². The maximum atomic E-state index is 14.2. The van der Waals surface area contributed by atoms with Crippen LogP contribution in [0.25, 0.3) is 0 Å². The van der Waals surface area contributed by atoms with Crippen molar-refractivity contribution in [3.05, 3.63) is 29.3 Å². The minimum atomic E-state index is -3.99. The van der Waals surface area contributed by atoms with Gasteiger partial charge in [-0.25, -0.2) is 17.2 Å². The molecule has 3 nitrogen and oxygen atoms in total. The highest BCUT2D eigenvalue weighted by atomic mass is 35.5. The van der Waals surface area contributed by atoms with E-state index in [1.807, 2.05) is 13.8 Å². The number of hydrogen-bond acceptors (Lipinski definition) is 3. The van der Waals surface area contributed by atoms with Gasteiger partial charge in [-0.1, -0.05) is 0 Å². The number of benzene rings is 1. The van der Waals surface area contributed by atoms with E-state index in [9.17, 15) is 17.2 Å². The Labute approximate surface area is 132 Å². The first-order chi connectivity index (χ1) is 9.69. The molecule has 1 fully saturated rings. The third-order valence-electron chi connectivity index (χ3n) is 3.29. The maximum Gasteiger partial charge on any atom is 0.246 e. The van der Waals surface area contributed by atoms with Gasteiger partial charge in [0.2, 0.25) is 10.0 Å². The number of halogens is 3. The predicted octanol–water partition coefficient (Wildman–Crippen LogP) is 3.22. The molecule has 21 heavy (non-hydrogen) atoms. The molecule has 1 aliphatic heterocycles. The molecule has 0 radical (unpaired) electrons. The van der Waals surface area contributed by atoms with Gasteiger partial charge < -0.3 is 0 Å². The zero-order chi connectivity index (χ0) is 15.8. The number of nitrogens with zero attached hydrogens (tertiary/aromatic N) is 1. The minimum absolute atomic E-state index is 0.239. The van der Waals surface area contributed by atoms with Crippen molar-refractivity contribution in [3.63, 3.8) is 0 Å². The van der Waals surface area contributed by atoms with Crippen molar-refractivity contribution in [2.45, 2.75) is 29.4 Å². The second-order valence-electron chi connectivity index (χ2n) is 5.42. The second-order valence-corrected chi connectivity index (χ2v) is 9.39. The highest BCUT2D eigenvalue weighted by Crippen LogP contribution is 2.33. The van der Waals surface area contributed by atoms with Gasteiger partial charge in [0, 0.05) is 29.2 Å². The van der Waals surface area contributed by atoms with Gasteiger partial charge in [-0.3, -0.25) is 0 Å². The lowest BCUT2D eigenvalue weighted by molar-refractivity contribution is 0.384. The molecule has 1 heterocycles. The quantitative estimate of drug-likeness (QED) is 0.781. The SMILES string of the molecule is CC1(C)CN(S(=O)(=O)c2ccc(F)c(CCl)c2F)CCS1. The summed E-state index contributed by atoms with van der Waals surface area (Å²) in [5.74, 6) is -1.71. The van der Waals surface area contributed by atoms with Gasteiger partial charge >= 0.3 is 0 Å². The van der Waals surface area contributed by atoms with Crippen LogP contribution in [-0.2, 0) is 15.9 Å². The molecule has 1 aromatic carbocycles. The molecule has 0 saturated carbocycles. The Kier molecular flexibility index (Phi) is 4.87. The van der Waals surface area contributed by atoms with Crippen LogP contribution in [0, 0.1) is 11.6 Å². The van der Waals surface area contributed by atoms with Gasteiger partial charge in [-0.15, -0.1) is 11.6 Å². The first-order valence-corrected chi connectivity index (χ1v) is 9.32. The second kappa shape index (κ2) is 6.02. The van der Waals surface area contributed by atoms with Crippen molar-refractivity contribution in [1.82, 2.24) is 4.31 Å². The summed E-state index contributed by atoms with van der Waals surface area (Å²) in [6.45, 7) is 4.46. The van der Waals surface area contributed by atoms with Gasteiger partial charge in [0.15, 0.2) is 5.82 Å². The molecule has 2 rings (SSSR count). The number of alkyl halides is 1. The highest BCUT2D eigenvalue weighted by molar-refractivity contribution is 8.00. The van der Waals surface area contributed by atoms with E-state index in [1.165, 1.54) is 4.31 Å². The van der Waals surface area contributed by atoms with Gasteiger partial charge in [0.1, 0.15) is 10.7 Å². The summed E-state index contributed by atoms with van der Waals surface area (Å²) in [5.41, 5.74) is -0.414. The topological polar surface area (TPSA) is 37.4 Å². The van der Waals surface area contributed by atoms with Crippen molar-refractivity contribution in [2.24, 2.45) is 0 Å². The van der Waals surface area contributed by atoms with Crippen LogP contribution in [0.3, 0.4) is 0 Å². The lowest BCUT2D eigenvalue weighted by Gasteiger charge is -2.36. The van der Waals surface area contributed by atoms with Gasteiger partial charge in [0.25, 0.3) is 0 Å². The summed E-state index contributed by atoms with van der Waals surface area (Å²) >= 11 is 7.17. The minimum Gasteiger partial charge on any atom is -0.207 e. The molecule has 1 saturated heterocycles. The van der Waals surface area contributed by atoms with Crippen molar-refractivity contribution >= 4 is 33.4 Å². The Morgan fingerprint density at radius 1 is 1.38 bits per heavy atom. The largest absolute Gasteiger partial charge is 0.246 e. The average Bonchev–Trinajstić information content (AvgIpc) is 2.37. The Morgan fingerprint density at radius 3 is 2.62 bits per heavy atom. The summed E-state index contributed by atoms with van der Waals surface area (Å²) in [7, 11) is -3.99. The molecule has 118 valence electrons. The Morgan fingerprint density at radius 2 is 2.05 bits per heavy atom. The molecule has 8 heteroatoms. The third kappa shape index (κ3) is 3.36. The molecule has 1 aliphatic rings. The Bertz CT molecular complexity index is 650. The molecular weight excluding hydrogens is 340 g/mol. The summed E-state index contributed by atoms with van der Waals surface area (Å²) in [5, 5.41) is 0. The number of thioether (sulfide) groups is 1. The number of hydrogen-bond donors (Lipinski definition) is 0. The number of sulfonamides is 1. The molecule has 0 N–H and O–H groups in total. The summed E-state index contributed by atoms with van der Waals surface area (Å²) in [6, 6.07) is 1.91. The number of rotatable bonds is 3. The molecule has 0 unspecified atom stereocenters. The third-order valence-corrected chi connectivity index (χ3v) is 6.72. The van der Waals surface area contributed by atoms with Crippen molar-refractivity contribution in [2.75, 3.05) is 18.8 Å². The van der Waals surface area contributed by atoms with E-state index < -0.39 is 38.0 Å². The van der Waals surface area contributed by atoms with E-state index in [-0.39, 0.29) is 11.3 Å². The van der Waals surface area contributed by atoms with E-state index in [0.29, 0.717) is 12.3 Å². The molecule has 1 aromatic rings. The molecule has 0 bridgehead atoms. The fraction of sp³-hybridized carbons (Fsp3) is 0.538. The van der Waals surface area contributed by atoms with E-state index in [0.717, 1.165) is 12.1 Å². The van der Waals surface area contributed by atoms with Crippen LogP contribution in [0.4, 0.5) is 8.78 Å². The van der Waals surface area contributed by atoms with Crippen molar-refractivity contribution in [3.8, 4) is 0 Å². The molecule has 0 atom stereocenters. The Balaban J connectivity index is 2.45. The highest BCUT2D eigenvalue weighted by Gasteiger charge is 2.36. The molecule has 0 amide bonds. The lowest BCUT2D eigenvalue weighted by atomic mass is 10.2. The fourth-order valence-corrected chi connectivity index (χ4v) is 5.46. The van der Waals surface area contributed by atoms with Crippen LogP contribution in [-0.4, -0.2) is 36.3 Å². The molecular formula is C13H16ClF2NO2S2. The first kappa shape index (κ1) is 17.0. The average molecular weight is 356 g/mol. The van der Waals surface area contributed by atoms with Crippen molar-refractivity contribution in [1.29, 1.82) is 0 Å². The fourth-order valence-electron chi connectivity index (χ4n) is 2.22. The standard InChI is InChI=1S/C13H16ClF2NO2S2/c1-13(2)8-17(5-6-20-13)21(18,19)11-4-3-10(15)9(7-14)12(11)16/h3-4H,5-8H2,1-2H3.